The van der Waals surface area contributed by atoms with Gasteiger partial charge in [-0.1, -0.05) is 25.8 Å². The minimum atomic E-state index is -1.69. The van der Waals surface area contributed by atoms with E-state index in [-0.39, 0.29) is 52.8 Å². The van der Waals surface area contributed by atoms with Gasteiger partial charge in [0.15, 0.2) is 28.0 Å². The number of benzene rings is 1. The zero-order valence-electron chi connectivity index (χ0n) is 26.7. The van der Waals surface area contributed by atoms with Crippen LogP contribution >= 0.6 is 11.6 Å². The number of hydrogen-bond donors (Lipinski definition) is 2. The van der Waals surface area contributed by atoms with Gasteiger partial charge in [-0.25, -0.2) is 9.78 Å². The second-order valence-corrected chi connectivity index (χ2v) is 12.5. The minimum absolute atomic E-state index is 0.0194. The van der Waals surface area contributed by atoms with Crippen molar-refractivity contribution in [2.45, 2.75) is 84.3 Å². The molecule has 0 bridgehead atoms. The van der Waals surface area contributed by atoms with Gasteiger partial charge in [-0.2, -0.15) is 4.98 Å². The molecule has 0 radical (unpaired) electrons. The van der Waals surface area contributed by atoms with Crippen LogP contribution in [-0.2, 0) is 31.0 Å². The van der Waals surface area contributed by atoms with Crippen LogP contribution in [0.5, 0.6) is 5.75 Å². The molecule has 0 amide bonds. The molecule has 14 nitrogen and oxygen atoms in total. The van der Waals surface area contributed by atoms with Gasteiger partial charge in [0.25, 0.3) is 0 Å². The highest BCUT2D eigenvalue weighted by Gasteiger charge is 2.51. The van der Waals surface area contributed by atoms with Crippen LogP contribution in [0.2, 0.25) is 5.28 Å². The van der Waals surface area contributed by atoms with Crippen LogP contribution in [0.3, 0.4) is 0 Å². The third-order valence-corrected chi connectivity index (χ3v) is 8.41. The fraction of sp³-hybridized carbons (Fsp3) is 0.438. The van der Waals surface area contributed by atoms with Crippen LogP contribution in [0.15, 0.2) is 32.1 Å². The molecular formula is C32H34ClN5O9. The first-order chi connectivity index (χ1) is 22.1. The van der Waals surface area contributed by atoms with E-state index in [0.29, 0.717) is 11.3 Å². The number of ether oxygens (including phenoxy) is 3. The van der Waals surface area contributed by atoms with Crippen molar-refractivity contribution in [1.82, 2.24) is 19.1 Å². The molecule has 4 heterocycles. The van der Waals surface area contributed by atoms with E-state index in [0.717, 1.165) is 11.1 Å². The summed E-state index contributed by atoms with van der Waals surface area (Å²) >= 11 is 6.46. The monoisotopic (exact) mass is 667 g/mol. The van der Waals surface area contributed by atoms with Gasteiger partial charge in [-0.3, -0.25) is 24.1 Å². The molecule has 47 heavy (non-hydrogen) atoms. The van der Waals surface area contributed by atoms with Gasteiger partial charge in [-0.15, -0.1) is 6.42 Å². The Morgan fingerprint density at radius 2 is 2.00 bits per heavy atom. The third-order valence-electron chi connectivity index (χ3n) is 8.13. The Bertz CT molecular complexity index is 2050. The van der Waals surface area contributed by atoms with Crippen LogP contribution in [0.25, 0.3) is 11.2 Å². The molecule has 0 saturated carbocycles. The summed E-state index contributed by atoms with van der Waals surface area (Å²) in [5, 5.41) is 19.0. The van der Waals surface area contributed by atoms with Crippen molar-refractivity contribution in [3.8, 4) is 18.1 Å². The number of terminal acetylenes is 1. The van der Waals surface area contributed by atoms with Crippen LogP contribution in [0, 0.1) is 38.5 Å². The molecule has 0 unspecified atom stereocenters. The number of fused-ring (bicyclic) bond motifs is 1. The normalized spacial score (nSPS) is 19.6. The van der Waals surface area contributed by atoms with E-state index in [9.17, 15) is 19.5 Å². The van der Waals surface area contributed by atoms with Gasteiger partial charge in [0.1, 0.15) is 23.8 Å². The number of imidazole rings is 1. The van der Waals surface area contributed by atoms with E-state index in [1.807, 2.05) is 33.8 Å². The Hall–Kier alpha value is -4.71. The van der Waals surface area contributed by atoms with Crippen molar-refractivity contribution in [3.63, 3.8) is 0 Å². The number of aromatic nitrogens is 4. The van der Waals surface area contributed by atoms with Gasteiger partial charge in [0.05, 0.1) is 25.9 Å². The molecule has 0 spiro atoms. The van der Waals surface area contributed by atoms with E-state index in [1.54, 1.807) is 13.0 Å². The maximum atomic E-state index is 13.5. The lowest BCUT2D eigenvalue weighted by Gasteiger charge is -2.31. The minimum Gasteiger partial charge on any atom is -0.458 e. The predicted molar refractivity (Wildman–Crippen MR) is 166 cm³/mol. The SMILES string of the molecule is C#C[C@]1(CO)O[C@@H](n2cnc3c(=N)n(Cc4oc(=O)oc4C)c(Cl)nc32)C[C@@H]1OC(=O)CC(C)(C)c1c(C)cc(C)cc1OC(C)=O. The molecule has 1 aliphatic heterocycles. The van der Waals surface area contributed by atoms with Crippen molar-refractivity contribution in [3.05, 3.63) is 68.1 Å². The summed E-state index contributed by atoms with van der Waals surface area (Å²) in [4.78, 5) is 45.5. The summed E-state index contributed by atoms with van der Waals surface area (Å²) in [6.07, 6.45) is 5.16. The average Bonchev–Trinajstić information content (AvgIpc) is 3.64. The van der Waals surface area contributed by atoms with Crippen LogP contribution in [0.1, 0.15) is 68.1 Å². The standard InChI is InChI=1S/C32H34ClN5O9/c1-8-32(14-39)22(46-24(41)12-31(6,7)25-17(3)9-16(2)10-20(25)44-19(5)40)11-23(47-32)38-15-35-26-27(34)37(29(33)36-28(26)38)13-21-18(4)43-30(42)45-21/h1,9-10,15,22-23,34,39H,11-14H2,2-7H3/t22-,23+,32+/m0/s1. The Morgan fingerprint density at radius 3 is 2.62 bits per heavy atom. The molecule has 5 rings (SSSR count). The summed E-state index contributed by atoms with van der Waals surface area (Å²) in [6.45, 7) is 9.54. The van der Waals surface area contributed by atoms with Crippen molar-refractivity contribution in [1.29, 1.82) is 5.41 Å². The second kappa shape index (κ2) is 12.5. The summed E-state index contributed by atoms with van der Waals surface area (Å²) in [5.41, 5.74) is 0.102. The summed E-state index contributed by atoms with van der Waals surface area (Å²) in [7, 11) is 0. The van der Waals surface area contributed by atoms with Crippen LogP contribution in [0.4, 0.5) is 0 Å². The Morgan fingerprint density at radius 1 is 1.28 bits per heavy atom. The number of carbonyl (C=O) groups is 2. The number of nitrogens with one attached hydrogen (secondary N) is 1. The zero-order valence-corrected chi connectivity index (χ0v) is 27.4. The number of aliphatic hydroxyl groups excluding tert-OH is 1. The van der Waals surface area contributed by atoms with Crippen molar-refractivity contribution < 1.29 is 37.7 Å². The maximum Gasteiger partial charge on any atom is 0.519 e. The Balaban J connectivity index is 1.41. The predicted octanol–water partition coefficient (Wildman–Crippen LogP) is 3.37. The van der Waals surface area contributed by atoms with Gasteiger partial charge >= 0.3 is 17.8 Å². The van der Waals surface area contributed by atoms with Crippen molar-refractivity contribution >= 4 is 34.7 Å². The van der Waals surface area contributed by atoms with Gasteiger partial charge in [-0.05, 0) is 49.6 Å². The molecule has 1 fully saturated rings. The van der Waals surface area contributed by atoms with E-state index >= 15 is 0 Å². The molecule has 3 atom stereocenters. The zero-order chi connectivity index (χ0) is 34.4. The van der Waals surface area contributed by atoms with Crippen LogP contribution < -0.4 is 16.0 Å². The number of halogens is 1. The number of carbonyl (C=O) groups excluding carboxylic acids is 2. The number of nitrogens with zero attached hydrogens (tertiary/aromatic N) is 4. The van der Waals surface area contributed by atoms with Gasteiger partial charge in [0.2, 0.25) is 5.28 Å². The number of hydrogen-bond acceptors (Lipinski definition) is 12. The van der Waals surface area contributed by atoms with E-state index in [2.05, 4.69) is 15.9 Å². The molecule has 1 aliphatic rings. The smallest absolute Gasteiger partial charge is 0.458 e. The van der Waals surface area contributed by atoms with Crippen LogP contribution in [-0.4, -0.2) is 54.5 Å². The van der Waals surface area contributed by atoms with E-state index in [1.165, 1.54) is 22.4 Å². The lowest BCUT2D eigenvalue weighted by Crippen LogP contribution is -2.44. The first-order valence-electron chi connectivity index (χ1n) is 14.6. The topological polar surface area (TPSA) is 185 Å². The molecule has 1 saturated heterocycles. The average molecular weight is 668 g/mol. The quantitative estimate of drug-likeness (QED) is 0.115. The Kier molecular flexibility index (Phi) is 8.93. The summed E-state index contributed by atoms with van der Waals surface area (Å²) in [6, 6.07) is 3.69. The maximum absolute atomic E-state index is 13.5. The lowest BCUT2D eigenvalue weighted by atomic mass is 9.78. The number of rotatable bonds is 9. The highest BCUT2D eigenvalue weighted by atomic mass is 35.5. The fourth-order valence-electron chi connectivity index (χ4n) is 6.06. The number of aryl methyl sites for hydroxylation is 3. The largest absolute Gasteiger partial charge is 0.519 e. The molecule has 3 aromatic heterocycles. The molecular weight excluding hydrogens is 634 g/mol. The van der Waals surface area contributed by atoms with Crippen molar-refractivity contribution in [2.75, 3.05) is 6.61 Å². The Labute approximate surface area is 273 Å². The third kappa shape index (κ3) is 6.34. The lowest BCUT2D eigenvalue weighted by molar-refractivity contribution is -0.160. The van der Waals surface area contributed by atoms with Gasteiger partial charge in [0, 0.05) is 24.3 Å². The molecule has 1 aromatic carbocycles. The summed E-state index contributed by atoms with van der Waals surface area (Å²) < 4.78 is 30.2. The fourth-order valence-corrected chi connectivity index (χ4v) is 6.29. The van der Waals surface area contributed by atoms with Gasteiger partial charge < -0.3 is 28.2 Å². The highest BCUT2D eigenvalue weighted by Crippen LogP contribution is 2.42. The second-order valence-electron chi connectivity index (χ2n) is 12.2. The molecule has 15 heteroatoms. The summed E-state index contributed by atoms with van der Waals surface area (Å²) in [5.74, 6) is 1.25. The highest BCUT2D eigenvalue weighted by molar-refractivity contribution is 6.28. The number of aliphatic hydroxyl groups is 1. The molecule has 0 aliphatic carbocycles. The molecule has 248 valence electrons. The first kappa shape index (κ1) is 33.6. The van der Waals surface area contributed by atoms with Crippen molar-refractivity contribution in [2.24, 2.45) is 0 Å². The van der Waals surface area contributed by atoms with E-state index < -0.39 is 47.7 Å². The molecule has 2 N–H and O–H groups in total. The molecule has 4 aromatic rings. The first-order valence-corrected chi connectivity index (χ1v) is 15.0. The number of esters is 2. The van der Waals surface area contributed by atoms with E-state index in [4.69, 9.17) is 46.5 Å².